The molecule has 3 nitrogen and oxygen atoms in total. The van der Waals surface area contributed by atoms with Gasteiger partial charge in [0.1, 0.15) is 0 Å². The quantitative estimate of drug-likeness (QED) is 0.805. The first-order valence-corrected chi connectivity index (χ1v) is 5.45. The Morgan fingerprint density at radius 3 is 2.62 bits per heavy atom. The summed E-state index contributed by atoms with van der Waals surface area (Å²) in [5.74, 6) is -0.937. The van der Waals surface area contributed by atoms with Gasteiger partial charge in [-0.25, -0.2) is 0 Å². The maximum Gasteiger partial charge on any atom is 0.307 e. The summed E-state index contributed by atoms with van der Waals surface area (Å²) in [7, 11) is 0. The second-order valence-electron chi connectivity index (χ2n) is 3.55. The standard InChI is InChI=1S/C12H13ClO3/c1-2-3-11(14)8-4-5-10(13)9(6-8)7-12(15)16/h4-6H,2-3,7H2,1H3,(H,15,16). The molecule has 1 rings (SSSR count). The molecule has 0 saturated heterocycles. The molecule has 0 aliphatic rings. The second-order valence-corrected chi connectivity index (χ2v) is 3.96. The molecule has 0 fully saturated rings. The lowest BCUT2D eigenvalue weighted by Crippen LogP contribution is -2.04. The van der Waals surface area contributed by atoms with Gasteiger partial charge in [-0.15, -0.1) is 0 Å². The van der Waals surface area contributed by atoms with Crippen molar-refractivity contribution in [3.05, 3.63) is 34.3 Å². The van der Waals surface area contributed by atoms with E-state index in [0.29, 0.717) is 22.6 Å². The van der Waals surface area contributed by atoms with Crippen LogP contribution in [-0.2, 0) is 11.2 Å². The van der Waals surface area contributed by atoms with Crippen molar-refractivity contribution < 1.29 is 14.7 Å². The highest BCUT2D eigenvalue weighted by molar-refractivity contribution is 6.31. The largest absolute Gasteiger partial charge is 0.481 e. The number of carbonyl (C=O) groups excluding carboxylic acids is 1. The van der Waals surface area contributed by atoms with E-state index in [2.05, 4.69) is 0 Å². The average molecular weight is 241 g/mol. The van der Waals surface area contributed by atoms with E-state index in [4.69, 9.17) is 16.7 Å². The highest BCUT2D eigenvalue weighted by atomic mass is 35.5. The van der Waals surface area contributed by atoms with Crippen molar-refractivity contribution in [3.63, 3.8) is 0 Å². The van der Waals surface area contributed by atoms with Crippen LogP contribution in [0.25, 0.3) is 0 Å². The van der Waals surface area contributed by atoms with Crippen LogP contribution in [0.1, 0.15) is 35.7 Å². The van der Waals surface area contributed by atoms with Gasteiger partial charge in [-0.05, 0) is 30.2 Å². The lowest BCUT2D eigenvalue weighted by molar-refractivity contribution is -0.136. The monoisotopic (exact) mass is 240 g/mol. The molecular formula is C12H13ClO3. The van der Waals surface area contributed by atoms with E-state index in [1.807, 2.05) is 6.92 Å². The zero-order chi connectivity index (χ0) is 12.1. The van der Waals surface area contributed by atoms with E-state index >= 15 is 0 Å². The van der Waals surface area contributed by atoms with E-state index < -0.39 is 5.97 Å². The summed E-state index contributed by atoms with van der Waals surface area (Å²) in [6, 6.07) is 4.77. The van der Waals surface area contributed by atoms with Crippen LogP contribution in [0.15, 0.2) is 18.2 Å². The molecule has 0 radical (unpaired) electrons. The van der Waals surface area contributed by atoms with Gasteiger partial charge < -0.3 is 5.11 Å². The number of rotatable bonds is 5. The van der Waals surface area contributed by atoms with Crippen LogP contribution in [0.5, 0.6) is 0 Å². The Hall–Kier alpha value is -1.35. The van der Waals surface area contributed by atoms with Gasteiger partial charge in [0.05, 0.1) is 6.42 Å². The third-order valence-corrected chi connectivity index (χ3v) is 2.56. The molecule has 0 aromatic heterocycles. The van der Waals surface area contributed by atoms with Crippen molar-refractivity contribution in [2.24, 2.45) is 0 Å². The number of Topliss-reactive ketones (excluding diaryl/α,β-unsaturated/α-hetero) is 1. The van der Waals surface area contributed by atoms with Gasteiger partial charge in [-0.1, -0.05) is 18.5 Å². The fourth-order valence-electron chi connectivity index (χ4n) is 1.42. The molecule has 0 aliphatic heterocycles. The predicted molar refractivity (Wildman–Crippen MR) is 62.0 cm³/mol. The Kier molecular flexibility index (Phi) is 4.50. The molecule has 4 heteroatoms. The van der Waals surface area contributed by atoms with Gasteiger partial charge >= 0.3 is 5.97 Å². The van der Waals surface area contributed by atoms with Crippen molar-refractivity contribution in [3.8, 4) is 0 Å². The van der Waals surface area contributed by atoms with Crippen molar-refractivity contribution in [1.29, 1.82) is 0 Å². The minimum atomic E-state index is -0.956. The first kappa shape index (κ1) is 12.7. The molecule has 0 amide bonds. The summed E-state index contributed by atoms with van der Waals surface area (Å²) in [4.78, 5) is 22.2. The molecule has 1 aromatic carbocycles. The summed E-state index contributed by atoms with van der Waals surface area (Å²) in [6.45, 7) is 1.92. The minimum Gasteiger partial charge on any atom is -0.481 e. The fourth-order valence-corrected chi connectivity index (χ4v) is 1.60. The van der Waals surface area contributed by atoms with Gasteiger partial charge in [0.15, 0.2) is 5.78 Å². The molecule has 0 spiro atoms. The average Bonchev–Trinajstić information content (AvgIpc) is 2.21. The van der Waals surface area contributed by atoms with Gasteiger partial charge in [0.2, 0.25) is 0 Å². The molecule has 0 atom stereocenters. The molecule has 1 N–H and O–H groups in total. The zero-order valence-corrected chi connectivity index (χ0v) is 9.75. The number of halogens is 1. The maximum atomic E-state index is 11.6. The summed E-state index contributed by atoms with van der Waals surface area (Å²) >= 11 is 5.85. The minimum absolute atomic E-state index is 0.0193. The topological polar surface area (TPSA) is 54.4 Å². The smallest absolute Gasteiger partial charge is 0.307 e. The molecule has 0 aliphatic carbocycles. The van der Waals surface area contributed by atoms with E-state index in [9.17, 15) is 9.59 Å². The van der Waals surface area contributed by atoms with Crippen molar-refractivity contribution >= 4 is 23.4 Å². The van der Waals surface area contributed by atoms with Gasteiger partial charge in [-0.2, -0.15) is 0 Å². The van der Waals surface area contributed by atoms with Crippen molar-refractivity contribution in [2.75, 3.05) is 0 Å². The van der Waals surface area contributed by atoms with E-state index in [1.165, 1.54) is 0 Å². The molecule has 0 saturated carbocycles. The first-order valence-electron chi connectivity index (χ1n) is 5.08. The van der Waals surface area contributed by atoms with Crippen molar-refractivity contribution in [1.82, 2.24) is 0 Å². The third-order valence-electron chi connectivity index (χ3n) is 2.19. The Morgan fingerprint density at radius 1 is 1.38 bits per heavy atom. The van der Waals surface area contributed by atoms with Crippen LogP contribution in [0.3, 0.4) is 0 Å². The highest BCUT2D eigenvalue weighted by Gasteiger charge is 2.10. The van der Waals surface area contributed by atoms with Gasteiger partial charge in [-0.3, -0.25) is 9.59 Å². The molecule has 0 heterocycles. The van der Waals surface area contributed by atoms with Gasteiger partial charge in [0, 0.05) is 17.0 Å². The van der Waals surface area contributed by atoms with Crippen LogP contribution < -0.4 is 0 Å². The van der Waals surface area contributed by atoms with E-state index in [-0.39, 0.29) is 12.2 Å². The molecule has 16 heavy (non-hydrogen) atoms. The fraction of sp³-hybridized carbons (Fsp3) is 0.333. The molecular weight excluding hydrogens is 228 g/mol. The summed E-state index contributed by atoms with van der Waals surface area (Å²) in [5, 5.41) is 9.07. The second kappa shape index (κ2) is 5.66. The lowest BCUT2D eigenvalue weighted by Gasteiger charge is -2.04. The summed E-state index contributed by atoms with van der Waals surface area (Å²) < 4.78 is 0. The number of aliphatic carboxylic acids is 1. The molecule has 86 valence electrons. The lowest BCUT2D eigenvalue weighted by atomic mass is 10.0. The molecule has 0 bridgehead atoms. The number of carboxylic acid groups (broad SMARTS) is 1. The van der Waals surface area contributed by atoms with Crippen LogP contribution in [-0.4, -0.2) is 16.9 Å². The Labute approximate surface area is 99.0 Å². The van der Waals surface area contributed by atoms with Crippen LogP contribution >= 0.6 is 11.6 Å². The predicted octanol–water partition coefficient (Wildman–Crippen LogP) is 2.95. The van der Waals surface area contributed by atoms with E-state index in [0.717, 1.165) is 6.42 Å². The SMILES string of the molecule is CCCC(=O)c1ccc(Cl)c(CC(=O)O)c1. The molecule has 1 aromatic rings. The Bertz CT molecular complexity index is 413. The zero-order valence-electron chi connectivity index (χ0n) is 9.00. The number of hydrogen-bond acceptors (Lipinski definition) is 2. The number of benzene rings is 1. The number of carboxylic acids is 1. The maximum absolute atomic E-state index is 11.6. The Balaban J connectivity index is 2.97. The van der Waals surface area contributed by atoms with Crippen LogP contribution in [0.2, 0.25) is 5.02 Å². The number of hydrogen-bond donors (Lipinski definition) is 1. The normalized spacial score (nSPS) is 10.1. The summed E-state index contributed by atoms with van der Waals surface area (Å²) in [6.07, 6.45) is 1.08. The molecule has 0 unspecified atom stereocenters. The van der Waals surface area contributed by atoms with Crippen molar-refractivity contribution in [2.45, 2.75) is 26.2 Å². The highest BCUT2D eigenvalue weighted by Crippen LogP contribution is 2.19. The van der Waals surface area contributed by atoms with Gasteiger partial charge in [0.25, 0.3) is 0 Å². The van der Waals surface area contributed by atoms with Crippen LogP contribution in [0, 0.1) is 0 Å². The third kappa shape index (κ3) is 3.35. The van der Waals surface area contributed by atoms with E-state index in [1.54, 1.807) is 18.2 Å². The number of carbonyl (C=O) groups is 2. The Morgan fingerprint density at radius 2 is 2.06 bits per heavy atom. The summed E-state index contributed by atoms with van der Waals surface area (Å²) in [5.41, 5.74) is 1.01. The van der Waals surface area contributed by atoms with Crippen LogP contribution in [0.4, 0.5) is 0 Å². The first-order chi connectivity index (χ1) is 7.54. The number of ketones is 1.